The van der Waals surface area contributed by atoms with E-state index in [0.717, 1.165) is 21.9 Å². The fourth-order valence-corrected chi connectivity index (χ4v) is 5.70. The van der Waals surface area contributed by atoms with Crippen LogP contribution in [0.1, 0.15) is 15.9 Å². The Balaban J connectivity index is 1.20. The number of amides is 3. The van der Waals surface area contributed by atoms with Crippen LogP contribution in [0.4, 0.5) is 10.8 Å². The lowest BCUT2D eigenvalue weighted by Gasteiger charge is -2.13. The van der Waals surface area contributed by atoms with Crippen LogP contribution >= 0.6 is 23.1 Å². The van der Waals surface area contributed by atoms with Crippen molar-refractivity contribution in [2.45, 2.75) is 4.90 Å². The summed E-state index contributed by atoms with van der Waals surface area (Å²) in [5, 5.41) is 10.8. The highest BCUT2D eigenvalue weighted by atomic mass is 32.2. The van der Waals surface area contributed by atoms with Crippen LogP contribution in [-0.4, -0.2) is 42.7 Å². The van der Waals surface area contributed by atoms with Crippen LogP contribution in [0.5, 0.6) is 11.5 Å². The van der Waals surface area contributed by atoms with E-state index in [1.807, 2.05) is 60.0 Å². The molecule has 0 saturated carbocycles. The second kappa shape index (κ2) is 15.6. The zero-order valence-electron chi connectivity index (χ0n) is 25.0. The summed E-state index contributed by atoms with van der Waals surface area (Å²) in [6.45, 7) is 0. The predicted molar refractivity (Wildman–Crippen MR) is 183 cm³/mol. The van der Waals surface area contributed by atoms with Gasteiger partial charge >= 0.3 is 0 Å². The summed E-state index contributed by atoms with van der Waals surface area (Å²) in [4.78, 5) is 44.3. The lowest BCUT2D eigenvalue weighted by Crippen LogP contribution is -2.30. The van der Waals surface area contributed by atoms with Crippen molar-refractivity contribution < 1.29 is 23.9 Å². The number of ether oxygens (including phenoxy) is 2. The highest BCUT2D eigenvalue weighted by molar-refractivity contribution is 8.00. The quantitative estimate of drug-likeness (QED) is 0.0986. The van der Waals surface area contributed by atoms with Gasteiger partial charge in [0.05, 0.1) is 25.7 Å². The van der Waals surface area contributed by atoms with Crippen molar-refractivity contribution in [2.24, 2.45) is 0 Å². The minimum atomic E-state index is -0.508. The highest BCUT2D eigenvalue weighted by Gasteiger charge is 2.16. The second-order valence-electron chi connectivity index (χ2n) is 9.71. The number of rotatable bonds is 12. The molecule has 0 aliphatic rings. The van der Waals surface area contributed by atoms with E-state index in [2.05, 4.69) is 20.9 Å². The molecule has 232 valence electrons. The molecule has 0 saturated heterocycles. The monoisotopic (exact) mass is 650 g/mol. The first-order chi connectivity index (χ1) is 22.4. The molecule has 0 aliphatic carbocycles. The molecule has 46 heavy (non-hydrogen) atoms. The van der Waals surface area contributed by atoms with Gasteiger partial charge in [-0.25, -0.2) is 4.98 Å². The predicted octanol–water partition coefficient (Wildman–Crippen LogP) is 6.97. The van der Waals surface area contributed by atoms with Crippen LogP contribution in [0.25, 0.3) is 17.3 Å². The van der Waals surface area contributed by atoms with Gasteiger partial charge in [0.25, 0.3) is 11.8 Å². The minimum Gasteiger partial charge on any atom is -0.497 e. The molecular weight excluding hydrogens is 621 g/mol. The molecule has 0 radical (unpaired) electrons. The number of carbonyl (C=O) groups excluding carboxylic acids is 3. The van der Waals surface area contributed by atoms with Crippen molar-refractivity contribution in [3.8, 4) is 22.8 Å². The van der Waals surface area contributed by atoms with Crippen molar-refractivity contribution >= 4 is 57.7 Å². The zero-order valence-corrected chi connectivity index (χ0v) is 26.6. The van der Waals surface area contributed by atoms with Gasteiger partial charge in [-0.2, -0.15) is 0 Å². The number of benzene rings is 4. The molecule has 4 aromatic carbocycles. The molecule has 1 heterocycles. The minimum absolute atomic E-state index is 0.0465. The first-order valence-corrected chi connectivity index (χ1v) is 15.9. The number of nitrogens with one attached hydrogen (secondary N) is 3. The van der Waals surface area contributed by atoms with Gasteiger partial charge in [0.2, 0.25) is 5.91 Å². The average Bonchev–Trinajstić information content (AvgIpc) is 3.56. The second-order valence-corrected chi connectivity index (χ2v) is 11.6. The van der Waals surface area contributed by atoms with Crippen LogP contribution in [0, 0.1) is 0 Å². The maximum atomic E-state index is 13.4. The van der Waals surface area contributed by atoms with Crippen molar-refractivity contribution in [1.82, 2.24) is 10.3 Å². The standard InChI is InChI=1S/C35H30N4O5S2/c1-43-27-13-8-12-24(19-27)30-21-46-35(38-30)39-32(40)22-45-28-17-15-26(16-18-28)36-34(42)29(20-25-11-6-7-14-31(25)44-2)37-33(41)23-9-4-3-5-10-23/h3-21H,22H2,1-2H3,(H,36,42)(H,37,41)(H,38,39,40)/b29-20-. The summed E-state index contributed by atoms with van der Waals surface area (Å²) in [6.07, 6.45) is 1.57. The summed E-state index contributed by atoms with van der Waals surface area (Å²) in [6, 6.07) is 30.5. The number of thiazole rings is 1. The fourth-order valence-electron chi connectivity index (χ4n) is 4.27. The van der Waals surface area contributed by atoms with Crippen molar-refractivity contribution in [2.75, 3.05) is 30.6 Å². The Morgan fingerprint density at radius 2 is 1.61 bits per heavy atom. The number of methoxy groups -OCH3 is 2. The summed E-state index contributed by atoms with van der Waals surface area (Å²) in [5.74, 6) is 0.353. The Morgan fingerprint density at radius 1 is 0.848 bits per heavy atom. The molecular formula is C35H30N4O5S2. The average molecular weight is 651 g/mol. The van der Waals surface area contributed by atoms with Gasteiger partial charge in [-0.3, -0.25) is 14.4 Å². The van der Waals surface area contributed by atoms with Gasteiger partial charge < -0.3 is 25.4 Å². The van der Waals surface area contributed by atoms with Crippen LogP contribution in [-0.2, 0) is 9.59 Å². The first kappa shape index (κ1) is 32.0. The van der Waals surface area contributed by atoms with Crippen molar-refractivity contribution in [1.29, 1.82) is 0 Å². The third-order valence-electron chi connectivity index (χ3n) is 6.57. The van der Waals surface area contributed by atoms with Crippen molar-refractivity contribution in [3.05, 3.63) is 125 Å². The number of hydrogen-bond donors (Lipinski definition) is 3. The number of nitrogens with zero attached hydrogens (tertiary/aromatic N) is 1. The van der Waals surface area contributed by atoms with E-state index in [0.29, 0.717) is 27.7 Å². The van der Waals surface area contributed by atoms with E-state index >= 15 is 0 Å². The summed E-state index contributed by atoms with van der Waals surface area (Å²) in [7, 11) is 3.15. The Morgan fingerprint density at radius 3 is 2.37 bits per heavy atom. The number of anilines is 2. The summed E-state index contributed by atoms with van der Waals surface area (Å²) < 4.78 is 10.7. The summed E-state index contributed by atoms with van der Waals surface area (Å²) >= 11 is 2.71. The number of hydrogen-bond acceptors (Lipinski definition) is 8. The molecule has 5 aromatic rings. The summed E-state index contributed by atoms with van der Waals surface area (Å²) in [5.41, 5.74) is 3.27. The highest BCUT2D eigenvalue weighted by Crippen LogP contribution is 2.28. The zero-order chi connectivity index (χ0) is 32.3. The number of aromatic nitrogens is 1. The molecule has 11 heteroatoms. The molecule has 0 atom stereocenters. The van der Waals surface area contributed by atoms with E-state index in [1.54, 1.807) is 61.7 Å². The van der Waals surface area contributed by atoms with Gasteiger partial charge in [0.15, 0.2) is 5.13 Å². The number of carbonyl (C=O) groups is 3. The molecule has 3 N–H and O–H groups in total. The van der Waals surface area contributed by atoms with Gasteiger partial charge in [-0.1, -0.05) is 48.5 Å². The Kier molecular flexibility index (Phi) is 10.8. The molecule has 0 bridgehead atoms. The van der Waals surface area contributed by atoms with Gasteiger partial charge in [0, 0.05) is 32.7 Å². The van der Waals surface area contributed by atoms with Gasteiger partial charge in [0.1, 0.15) is 17.2 Å². The van der Waals surface area contributed by atoms with E-state index in [1.165, 1.54) is 30.2 Å². The Bertz CT molecular complexity index is 1860. The van der Waals surface area contributed by atoms with Crippen LogP contribution in [0.3, 0.4) is 0 Å². The third-order valence-corrected chi connectivity index (χ3v) is 8.34. The van der Waals surface area contributed by atoms with Crippen molar-refractivity contribution in [3.63, 3.8) is 0 Å². The molecule has 0 aliphatic heterocycles. The number of para-hydroxylation sites is 1. The molecule has 5 rings (SSSR count). The lowest BCUT2D eigenvalue weighted by molar-refractivity contribution is -0.114. The Hall–Kier alpha value is -5.39. The number of thioether (sulfide) groups is 1. The van der Waals surface area contributed by atoms with E-state index in [-0.39, 0.29) is 17.4 Å². The van der Waals surface area contributed by atoms with Gasteiger partial charge in [-0.05, 0) is 60.7 Å². The fraction of sp³-hybridized carbons (Fsp3) is 0.0857. The first-order valence-electron chi connectivity index (χ1n) is 14.1. The maximum absolute atomic E-state index is 13.4. The SMILES string of the molecule is COc1cccc(-c2csc(NC(=O)CSc3ccc(NC(=O)/C(=C/c4ccccc4OC)NC(=O)c4ccccc4)cc3)n2)c1. The lowest BCUT2D eigenvalue weighted by atomic mass is 10.1. The molecule has 0 fully saturated rings. The molecule has 1 aromatic heterocycles. The van der Waals surface area contributed by atoms with Crippen LogP contribution < -0.4 is 25.4 Å². The third kappa shape index (κ3) is 8.62. The maximum Gasteiger partial charge on any atom is 0.272 e. The normalized spacial score (nSPS) is 11.0. The van der Waals surface area contributed by atoms with E-state index in [9.17, 15) is 14.4 Å². The van der Waals surface area contributed by atoms with E-state index in [4.69, 9.17) is 9.47 Å². The van der Waals surface area contributed by atoms with Crippen LogP contribution in [0.15, 0.2) is 119 Å². The molecule has 9 nitrogen and oxygen atoms in total. The molecule has 0 unspecified atom stereocenters. The largest absolute Gasteiger partial charge is 0.497 e. The van der Waals surface area contributed by atoms with Crippen LogP contribution in [0.2, 0.25) is 0 Å². The van der Waals surface area contributed by atoms with Gasteiger partial charge in [-0.15, -0.1) is 23.1 Å². The smallest absolute Gasteiger partial charge is 0.272 e. The van der Waals surface area contributed by atoms with E-state index < -0.39 is 11.8 Å². The Labute approximate surface area is 274 Å². The molecule has 0 spiro atoms. The topological polar surface area (TPSA) is 119 Å². The molecule has 3 amide bonds.